The van der Waals surface area contributed by atoms with Crippen LogP contribution < -0.4 is 0 Å². The fraction of sp³-hybridized carbons (Fsp3) is 0.727. The molecular formula is C11H15ClN2S. The van der Waals surface area contributed by atoms with Crippen molar-refractivity contribution in [2.75, 3.05) is 6.54 Å². The summed E-state index contributed by atoms with van der Waals surface area (Å²) in [6.07, 6.45) is 5.67. The van der Waals surface area contributed by atoms with Crippen LogP contribution >= 0.6 is 22.9 Å². The van der Waals surface area contributed by atoms with Crippen molar-refractivity contribution in [2.45, 2.75) is 38.3 Å². The van der Waals surface area contributed by atoms with Gasteiger partial charge in [-0.1, -0.05) is 11.6 Å². The number of hydrogen-bond donors (Lipinski definition) is 0. The highest BCUT2D eigenvalue weighted by Crippen LogP contribution is 2.35. The summed E-state index contributed by atoms with van der Waals surface area (Å²) < 4.78 is 0.673. The Morgan fingerprint density at radius 2 is 2.20 bits per heavy atom. The summed E-state index contributed by atoms with van der Waals surface area (Å²) in [4.78, 5) is 6.93. The van der Waals surface area contributed by atoms with Crippen LogP contribution in [0.1, 0.15) is 31.4 Å². The molecule has 3 fully saturated rings. The van der Waals surface area contributed by atoms with Crippen LogP contribution in [-0.4, -0.2) is 22.5 Å². The lowest BCUT2D eigenvalue weighted by molar-refractivity contribution is 0.0418. The highest BCUT2D eigenvalue weighted by Gasteiger charge is 2.33. The van der Waals surface area contributed by atoms with E-state index in [9.17, 15) is 0 Å². The van der Waals surface area contributed by atoms with Crippen LogP contribution in [0.5, 0.6) is 0 Å². The molecule has 2 aliphatic heterocycles. The monoisotopic (exact) mass is 242 g/mol. The number of halogens is 1. The number of fused-ring (bicyclic) bond motifs is 3. The van der Waals surface area contributed by atoms with Gasteiger partial charge in [0.2, 0.25) is 0 Å². The van der Waals surface area contributed by atoms with Gasteiger partial charge in [-0.15, -0.1) is 11.3 Å². The normalized spacial score (nSPS) is 31.0. The van der Waals surface area contributed by atoms with E-state index in [1.807, 2.05) is 0 Å². The molecule has 15 heavy (non-hydrogen) atoms. The van der Waals surface area contributed by atoms with Crippen LogP contribution in [0, 0.1) is 5.92 Å². The van der Waals surface area contributed by atoms with Gasteiger partial charge in [0, 0.05) is 24.5 Å². The molecule has 1 aromatic heterocycles. The van der Waals surface area contributed by atoms with Crippen molar-refractivity contribution in [2.24, 2.45) is 5.92 Å². The summed E-state index contributed by atoms with van der Waals surface area (Å²) >= 11 is 7.39. The Balaban J connectivity index is 1.68. The number of rotatable bonds is 2. The molecule has 0 aromatic carbocycles. The van der Waals surface area contributed by atoms with E-state index in [2.05, 4.69) is 15.3 Å². The number of thiazole rings is 1. The van der Waals surface area contributed by atoms with E-state index in [0.29, 0.717) is 4.47 Å². The number of aromatic nitrogens is 1. The molecular weight excluding hydrogens is 228 g/mol. The highest BCUT2D eigenvalue weighted by molar-refractivity contribution is 7.13. The molecule has 82 valence electrons. The second-order valence-corrected chi connectivity index (χ2v) is 6.14. The average molecular weight is 243 g/mol. The van der Waals surface area contributed by atoms with Gasteiger partial charge in [0.15, 0.2) is 4.47 Å². The third-order valence-electron chi connectivity index (χ3n) is 3.71. The van der Waals surface area contributed by atoms with Gasteiger partial charge in [0.25, 0.3) is 0 Å². The summed E-state index contributed by atoms with van der Waals surface area (Å²) in [6, 6.07) is 0.815. The Bertz CT molecular complexity index is 344. The Morgan fingerprint density at radius 3 is 2.73 bits per heavy atom. The molecule has 0 unspecified atom stereocenters. The first-order valence-corrected chi connectivity index (χ1v) is 6.91. The quantitative estimate of drug-likeness (QED) is 0.792. The van der Waals surface area contributed by atoms with Crippen molar-refractivity contribution in [1.29, 1.82) is 0 Å². The number of nitrogens with zero attached hydrogens (tertiary/aromatic N) is 2. The Morgan fingerprint density at radius 1 is 1.40 bits per heavy atom. The molecule has 3 aliphatic rings. The third kappa shape index (κ3) is 2.05. The molecule has 0 amide bonds. The molecule has 4 heteroatoms. The van der Waals surface area contributed by atoms with Crippen molar-refractivity contribution < 1.29 is 0 Å². The zero-order valence-electron chi connectivity index (χ0n) is 8.66. The lowest BCUT2D eigenvalue weighted by atomic mass is 9.80. The molecule has 1 aromatic rings. The zero-order valence-corrected chi connectivity index (χ0v) is 10.2. The first kappa shape index (κ1) is 10.1. The topological polar surface area (TPSA) is 16.1 Å². The van der Waals surface area contributed by atoms with E-state index in [1.54, 1.807) is 11.3 Å². The van der Waals surface area contributed by atoms with Gasteiger partial charge >= 0.3 is 0 Å². The smallest absolute Gasteiger partial charge is 0.183 e. The SMILES string of the molecule is Clc1nc(CN2CC3CCC2CC3)cs1. The van der Waals surface area contributed by atoms with E-state index in [-0.39, 0.29) is 0 Å². The largest absolute Gasteiger partial charge is 0.294 e. The summed E-state index contributed by atoms with van der Waals surface area (Å²) in [5, 5.41) is 2.09. The predicted octanol–water partition coefficient (Wildman–Crippen LogP) is 3.17. The maximum absolute atomic E-state index is 5.85. The van der Waals surface area contributed by atoms with Gasteiger partial charge < -0.3 is 0 Å². The maximum atomic E-state index is 5.85. The van der Waals surface area contributed by atoms with Crippen LogP contribution in [-0.2, 0) is 6.54 Å². The fourth-order valence-corrected chi connectivity index (χ4v) is 3.70. The standard InChI is InChI=1S/C11H15ClN2S/c12-11-13-9(7-15-11)6-14-5-8-1-3-10(14)4-2-8/h7-8,10H,1-6H2. The molecule has 2 nitrogen and oxygen atoms in total. The van der Waals surface area contributed by atoms with Crippen LogP contribution in [0.25, 0.3) is 0 Å². The lowest BCUT2D eigenvalue weighted by Gasteiger charge is -2.45. The van der Waals surface area contributed by atoms with Crippen molar-refractivity contribution in [3.8, 4) is 0 Å². The Kier molecular flexibility index (Phi) is 2.71. The second kappa shape index (κ2) is 4.04. The molecule has 1 aliphatic carbocycles. The Hall–Kier alpha value is -0.120. The second-order valence-electron chi connectivity index (χ2n) is 4.70. The lowest BCUT2D eigenvalue weighted by Crippen LogP contribution is -2.47. The average Bonchev–Trinajstić information content (AvgIpc) is 2.66. The minimum Gasteiger partial charge on any atom is -0.294 e. The fourth-order valence-electron chi connectivity index (χ4n) is 2.93. The summed E-state index contributed by atoms with van der Waals surface area (Å²) in [5.41, 5.74) is 1.15. The van der Waals surface area contributed by atoms with Crippen LogP contribution in [0.2, 0.25) is 4.47 Å². The maximum Gasteiger partial charge on any atom is 0.183 e. The molecule has 1 saturated carbocycles. The van der Waals surface area contributed by atoms with Crippen LogP contribution in [0.3, 0.4) is 0 Å². The molecule has 2 bridgehead atoms. The zero-order chi connectivity index (χ0) is 10.3. The van der Waals surface area contributed by atoms with Gasteiger partial charge in [-0.25, -0.2) is 4.98 Å². The minimum absolute atomic E-state index is 0.673. The van der Waals surface area contributed by atoms with Crippen molar-refractivity contribution >= 4 is 22.9 Å². The van der Waals surface area contributed by atoms with Gasteiger partial charge in [0.05, 0.1) is 5.69 Å². The molecule has 2 saturated heterocycles. The van der Waals surface area contributed by atoms with Gasteiger partial charge in [-0.2, -0.15) is 0 Å². The molecule has 0 radical (unpaired) electrons. The van der Waals surface area contributed by atoms with E-state index in [1.165, 1.54) is 32.2 Å². The first-order chi connectivity index (χ1) is 7.31. The third-order valence-corrected chi connectivity index (χ3v) is 4.74. The van der Waals surface area contributed by atoms with Gasteiger partial charge in [-0.3, -0.25) is 4.90 Å². The number of hydrogen-bond acceptors (Lipinski definition) is 3. The van der Waals surface area contributed by atoms with E-state index >= 15 is 0 Å². The molecule has 0 atom stereocenters. The molecule has 0 spiro atoms. The van der Waals surface area contributed by atoms with Gasteiger partial charge in [-0.05, 0) is 31.6 Å². The Labute approximate surface area is 99.3 Å². The summed E-state index contributed by atoms with van der Waals surface area (Å²) in [7, 11) is 0. The summed E-state index contributed by atoms with van der Waals surface area (Å²) in [6.45, 7) is 2.28. The minimum atomic E-state index is 0.673. The van der Waals surface area contributed by atoms with E-state index in [4.69, 9.17) is 11.6 Å². The van der Waals surface area contributed by atoms with E-state index < -0.39 is 0 Å². The van der Waals surface area contributed by atoms with Crippen molar-refractivity contribution in [1.82, 2.24) is 9.88 Å². The van der Waals surface area contributed by atoms with Gasteiger partial charge in [0.1, 0.15) is 0 Å². The highest BCUT2D eigenvalue weighted by atomic mass is 35.5. The molecule has 0 N–H and O–H groups in total. The van der Waals surface area contributed by atoms with E-state index in [0.717, 1.165) is 24.2 Å². The number of piperidine rings is 2. The molecule has 3 heterocycles. The van der Waals surface area contributed by atoms with Crippen molar-refractivity contribution in [3.05, 3.63) is 15.5 Å². The van der Waals surface area contributed by atoms with Crippen LogP contribution in [0.4, 0.5) is 0 Å². The first-order valence-electron chi connectivity index (χ1n) is 5.65. The predicted molar refractivity (Wildman–Crippen MR) is 63.3 cm³/mol. The summed E-state index contributed by atoms with van der Waals surface area (Å²) in [5.74, 6) is 0.948. The van der Waals surface area contributed by atoms with Crippen LogP contribution in [0.15, 0.2) is 5.38 Å². The van der Waals surface area contributed by atoms with Crippen molar-refractivity contribution in [3.63, 3.8) is 0 Å². The molecule has 4 rings (SSSR count).